The van der Waals surface area contributed by atoms with Crippen LogP contribution in [0.15, 0.2) is 36.5 Å². The minimum atomic E-state index is 0.362. The minimum Gasteiger partial charge on any atom is -0.237 e. The molecule has 0 aliphatic heterocycles. The van der Waals surface area contributed by atoms with E-state index in [9.17, 15) is 0 Å². The highest BCUT2D eigenvalue weighted by molar-refractivity contribution is 5.56. The van der Waals surface area contributed by atoms with Gasteiger partial charge in [-0.3, -0.25) is 0 Å². The van der Waals surface area contributed by atoms with Crippen molar-refractivity contribution in [1.29, 1.82) is 5.26 Å². The summed E-state index contributed by atoms with van der Waals surface area (Å²) in [7, 11) is 0. The van der Waals surface area contributed by atoms with Crippen LogP contribution >= 0.6 is 0 Å². The summed E-state index contributed by atoms with van der Waals surface area (Å²) in [5, 5.41) is 13.2. The van der Waals surface area contributed by atoms with E-state index >= 15 is 0 Å². The third kappa shape index (κ3) is 1.60. The first kappa shape index (κ1) is 10.4. The lowest BCUT2D eigenvalue weighted by atomic mass is 10.3. The molecule has 0 saturated carbocycles. The highest BCUT2D eigenvalue weighted by Crippen LogP contribution is 2.15. The van der Waals surface area contributed by atoms with Crippen LogP contribution in [-0.2, 0) is 0 Å². The van der Waals surface area contributed by atoms with Crippen LogP contribution in [0, 0.1) is 18.3 Å². The minimum absolute atomic E-state index is 0.362. The molecule has 0 fully saturated rings. The summed E-state index contributed by atoms with van der Waals surface area (Å²) < 4.78 is 1.76. The van der Waals surface area contributed by atoms with Crippen LogP contribution in [-0.4, -0.2) is 19.6 Å². The maximum atomic E-state index is 8.84. The standard InChI is InChI=1S/C13H9N5/c1-9-12-6-3-7-18(12)17-13(15-9)11-5-2-4-10(8-14)16-11/h2-7H,1H3. The zero-order valence-corrected chi connectivity index (χ0v) is 9.70. The van der Waals surface area contributed by atoms with Crippen molar-refractivity contribution in [2.45, 2.75) is 6.92 Å². The van der Waals surface area contributed by atoms with Crippen molar-refractivity contribution in [1.82, 2.24) is 19.6 Å². The van der Waals surface area contributed by atoms with Crippen molar-refractivity contribution in [3.8, 4) is 17.6 Å². The Hall–Kier alpha value is -2.74. The second-order valence-corrected chi connectivity index (χ2v) is 3.88. The van der Waals surface area contributed by atoms with E-state index in [1.807, 2.05) is 31.3 Å². The molecule has 5 nitrogen and oxygen atoms in total. The highest BCUT2D eigenvalue weighted by atomic mass is 15.2. The Kier molecular flexibility index (Phi) is 2.27. The van der Waals surface area contributed by atoms with Gasteiger partial charge in [0.1, 0.15) is 17.5 Å². The summed E-state index contributed by atoms with van der Waals surface area (Å²) in [4.78, 5) is 8.61. The van der Waals surface area contributed by atoms with E-state index in [1.165, 1.54) is 0 Å². The Bertz CT molecular complexity index is 766. The number of rotatable bonds is 1. The molecule has 0 radical (unpaired) electrons. The Labute approximate surface area is 103 Å². The van der Waals surface area contributed by atoms with Crippen molar-refractivity contribution >= 4 is 5.52 Å². The summed E-state index contributed by atoms with van der Waals surface area (Å²) in [6.07, 6.45) is 1.86. The second kappa shape index (κ2) is 3.93. The third-order valence-electron chi connectivity index (χ3n) is 2.67. The smallest absolute Gasteiger partial charge is 0.198 e. The molecule has 86 valence electrons. The van der Waals surface area contributed by atoms with Crippen molar-refractivity contribution in [2.24, 2.45) is 0 Å². The molecule has 0 unspecified atom stereocenters. The lowest BCUT2D eigenvalue weighted by Crippen LogP contribution is -2.01. The number of aromatic nitrogens is 4. The zero-order chi connectivity index (χ0) is 12.5. The van der Waals surface area contributed by atoms with Crippen LogP contribution in [0.2, 0.25) is 0 Å². The van der Waals surface area contributed by atoms with E-state index in [1.54, 1.807) is 22.7 Å². The first-order chi connectivity index (χ1) is 8.78. The predicted octanol–water partition coefficient (Wildman–Crippen LogP) is 1.97. The topological polar surface area (TPSA) is 66.9 Å². The summed E-state index contributed by atoms with van der Waals surface area (Å²) >= 11 is 0. The van der Waals surface area contributed by atoms with Crippen LogP contribution in [0.3, 0.4) is 0 Å². The predicted molar refractivity (Wildman–Crippen MR) is 65.7 cm³/mol. The zero-order valence-electron chi connectivity index (χ0n) is 9.70. The van der Waals surface area contributed by atoms with E-state index < -0.39 is 0 Å². The van der Waals surface area contributed by atoms with Crippen molar-refractivity contribution in [3.63, 3.8) is 0 Å². The molecule has 0 saturated heterocycles. The van der Waals surface area contributed by atoms with Crippen molar-refractivity contribution in [3.05, 3.63) is 47.9 Å². The lowest BCUT2D eigenvalue weighted by Gasteiger charge is -2.03. The van der Waals surface area contributed by atoms with Crippen LogP contribution in [0.25, 0.3) is 17.0 Å². The van der Waals surface area contributed by atoms with Gasteiger partial charge < -0.3 is 0 Å². The van der Waals surface area contributed by atoms with Crippen LogP contribution < -0.4 is 0 Å². The highest BCUT2D eigenvalue weighted by Gasteiger charge is 2.08. The fourth-order valence-corrected chi connectivity index (χ4v) is 1.82. The van der Waals surface area contributed by atoms with Gasteiger partial charge in [-0.05, 0) is 31.2 Å². The Morgan fingerprint density at radius 2 is 2.06 bits per heavy atom. The summed E-state index contributed by atoms with van der Waals surface area (Å²) in [5.41, 5.74) is 2.82. The maximum Gasteiger partial charge on any atom is 0.198 e. The second-order valence-electron chi connectivity index (χ2n) is 3.88. The molecule has 0 N–H and O–H groups in total. The Morgan fingerprint density at radius 3 is 2.89 bits per heavy atom. The molecule has 3 heterocycles. The first-order valence-electron chi connectivity index (χ1n) is 5.47. The maximum absolute atomic E-state index is 8.84. The molecule has 0 amide bonds. The molecule has 0 bridgehead atoms. The average Bonchev–Trinajstić information content (AvgIpc) is 2.87. The van der Waals surface area contributed by atoms with E-state index in [2.05, 4.69) is 15.1 Å². The van der Waals surface area contributed by atoms with Crippen LogP contribution in [0.5, 0.6) is 0 Å². The number of fused-ring (bicyclic) bond motifs is 1. The molecule has 0 spiro atoms. The van der Waals surface area contributed by atoms with Gasteiger partial charge >= 0.3 is 0 Å². The normalized spacial score (nSPS) is 10.4. The number of hydrogen-bond donors (Lipinski definition) is 0. The van der Waals surface area contributed by atoms with Crippen LogP contribution in [0.4, 0.5) is 0 Å². The molecule has 3 aromatic rings. The molecule has 0 aromatic carbocycles. The van der Waals surface area contributed by atoms with Gasteiger partial charge in [-0.15, -0.1) is 5.10 Å². The largest absolute Gasteiger partial charge is 0.237 e. The lowest BCUT2D eigenvalue weighted by molar-refractivity contribution is 0.891. The van der Waals surface area contributed by atoms with Gasteiger partial charge in [0.2, 0.25) is 0 Å². The molecule has 18 heavy (non-hydrogen) atoms. The fraction of sp³-hybridized carbons (Fsp3) is 0.0769. The number of pyridine rings is 1. The van der Waals surface area contributed by atoms with Crippen molar-refractivity contribution in [2.75, 3.05) is 0 Å². The fourth-order valence-electron chi connectivity index (χ4n) is 1.82. The van der Waals surface area contributed by atoms with Gasteiger partial charge in [-0.1, -0.05) is 6.07 Å². The molecule has 0 aliphatic rings. The monoisotopic (exact) mass is 235 g/mol. The van der Waals surface area contributed by atoms with Gasteiger partial charge in [0.05, 0.1) is 11.2 Å². The SMILES string of the molecule is Cc1nc(-c2cccc(C#N)n2)nn2cccc12. The Balaban J connectivity index is 2.22. The van der Waals surface area contributed by atoms with Crippen molar-refractivity contribution < 1.29 is 0 Å². The average molecular weight is 235 g/mol. The molecule has 0 atom stereocenters. The van der Waals surface area contributed by atoms with E-state index in [4.69, 9.17) is 5.26 Å². The van der Waals surface area contributed by atoms with Gasteiger partial charge in [0.25, 0.3) is 0 Å². The van der Waals surface area contributed by atoms with Gasteiger partial charge in [0, 0.05) is 6.20 Å². The first-order valence-corrected chi connectivity index (χ1v) is 5.47. The summed E-state index contributed by atoms with van der Waals surface area (Å²) in [6.45, 7) is 1.93. The summed E-state index contributed by atoms with van der Waals surface area (Å²) in [5.74, 6) is 0.522. The molecule has 3 rings (SSSR count). The van der Waals surface area contributed by atoms with E-state index in [0.717, 1.165) is 11.2 Å². The molecular formula is C13H9N5. The van der Waals surface area contributed by atoms with Gasteiger partial charge in [0.15, 0.2) is 5.82 Å². The van der Waals surface area contributed by atoms with Gasteiger partial charge in [-0.2, -0.15) is 5.26 Å². The van der Waals surface area contributed by atoms with Crippen LogP contribution in [0.1, 0.15) is 11.4 Å². The number of hydrogen-bond acceptors (Lipinski definition) is 4. The molecule has 0 aliphatic carbocycles. The Morgan fingerprint density at radius 1 is 1.17 bits per heavy atom. The van der Waals surface area contributed by atoms with E-state index in [0.29, 0.717) is 17.2 Å². The summed E-state index contributed by atoms with van der Waals surface area (Å²) in [6, 6.07) is 11.1. The number of nitrogens with zero attached hydrogens (tertiary/aromatic N) is 5. The third-order valence-corrected chi connectivity index (χ3v) is 2.67. The number of aryl methyl sites for hydroxylation is 1. The quantitative estimate of drug-likeness (QED) is 0.646. The molecular weight excluding hydrogens is 226 g/mol. The number of nitriles is 1. The van der Waals surface area contributed by atoms with Gasteiger partial charge in [-0.25, -0.2) is 14.5 Å². The molecule has 3 aromatic heterocycles. The van der Waals surface area contributed by atoms with E-state index in [-0.39, 0.29) is 0 Å². The molecule has 5 heteroatoms.